The number of rotatable bonds is 3. The summed E-state index contributed by atoms with van der Waals surface area (Å²) in [5.41, 5.74) is 11.6. The van der Waals surface area contributed by atoms with Gasteiger partial charge in [-0.1, -0.05) is 38.1 Å². The number of fused-ring (bicyclic) bond motifs is 1. The first-order chi connectivity index (χ1) is 10.1. The summed E-state index contributed by atoms with van der Waals surface area (Å²) in [7, 11) is 0. The minimum atomic E-state index is 0.583. The topological polar surface area (TPSA) is 43.3 Å². The van der Waals surface area contributed by atoms with Gasteiger partial charge in [0.2, 0.25) is 0 Å². The first-order valence-corrected chi connectivity index (χ1v) is 7.44. The average molecular weight is 279 g/mol. The number of aryl methyl sites for hydroxylation is 1. The molecule has 1 unspecified atom stereocenters. The van der Waals surface area contributed by atoms with Crippen LogP contribution >= 0.6 is 0 Å². The Morgan fingerprint density at radius 2 is 1.90 bits per heavy atom. The maximum Gasteiger partial charge on any atom is 0.139 e. The van der Waals surface area contributed by atoms with Crippen LogP contribution in [0.2, 0.25) is 0 Å². The maximum atomic E-state index is 6.25. The molecular weight excluding hydrogens is 258 g/mol. The molecule has 108 valence electrons. The molecule has 2 aromatic heterocycles. The number of nitrogens with zero attached hydrogens (tertiary/aromatic N) is 2. The molecule has 0 spiro atoms. The molecule has 3 heteroatoms. The molecule has 0 aliphatic rings. The van der Waals surface area contributed by atoms with Crippen LogP contribution in [0.1, 0.15) is 37.3 Å². The third-order valence-corrected chi connectivity index (χ3v) is 4.18. The molecule has 0 bridgehead atoms. The number of pyridine rings is 1. The Balaban J connectivity index is 2.06. The third-order valence-electron chi connectivity index (χ3n) is 4.18. The van der Waals surface area contributed by atoms with Crippen molar-refractivity contribution in [3.05, 3.63) is 53.7 Å². The van der Waals surface area contributed by atoms with E-state index >= 15 is 0 Å². The van der Waals surface area contributed by atoms with E-state index in [0.29, 0.717) is 11.7 Å². The van der Waals surface area contributed by atoms with E-state index in [1.807, 2.05) is 22.7 Å². The van der Waals surface area contributed by atoms with E-state index in [1.54, 1.807) is 0 Å². The van der Waals surface area contributed by atoms with Crippen LogP contribution in [0.25, 0.3) is 16.9 Å². The molecular formula is C18H21N3. The van der Waals surface area contributed by atoms with Crippen LogP contribution in [-0.2, 0) is 0 Å². The zero-order valence-electron chi connectivity index (χ0n) is 12.8. The lowest BCUT2D eigenvalue weighted by Crippen LogP contribution is -1.94. The Morgan fingerprint density at radius 1 is 1.19 bits per heavy atom. The summed E-state index contributed by atoms with van der Waals surface area (Å²) < 4.78 is 1.94. The van der Waals surface area contributed by atoms with Crippen LogP contribution in [-0.4, -0.2) is 9.38 Å². The van der Waals surface area contributed by atoms with E-state index in [4.69, 9.17) is 5.73 Å². The van der Waals surface area contributed by atoms with Gasteiger partial charge in [-0.05, 0) is 42.5 Å². The second-order valence-electron chi connectivity index (χ2n) is 5.71. The van der Waals surface area contributed by atoms with Gasteiger partial charge in [-0.25, -0.2) is 4.98 Å². The highest BCUT2D eigenvalue weighted by Crippen LogP contribution is 2.28. The molecule has 0 aliphatic carbocycles. The summed E-state index contributed by atoms with van der Waals surface area (Å²) in [6.45, 7) is 6.52. The van der Waals surface area contributed by atoms with Crippen LogP contribution < -0.4 is 5.73 Å². The zero-order valence-corrected chi connectivity index (χ0v) is 12.8. The summed E-state index contributed by atoms with van der Waals surface area (Å²) in [6, 6.07) is 12.7. The number of hydrogen-bond acceptors (Lipinski definition) is 2. The van der Waals surface area contributed by atoms with Crippen molar-refractivity contribution in [2.45, 2.75) is 33.1 Å². The van der Waals surface area contributed by atoms with Crippen LogP contribution in [0.3, 0.4) is 0 Å². The molecule has 1 aromatic carbocycles. The van der Waals surface area contributed by atoms with E-state index in [9.17, 15) is 0 Å². The SMILES string of the molecule is CCC(C)c1ccc(-c2nc3cc(C)ccn3c2N)cc1. The second kappa shape index (κ2) is 5.24. The largest absolute Gasteiger partial charge is 0.383 e. The van der Waals surface area contributed by atoms with Gasteiger partial charge in [0.05, 0.1) is 0 Å². The smallest absolute Gasteiger partial charge is 0.139 e. The Morgan fingerprint density at radius 3 is 2.57 bits per heavy atom. The van der Waals surface area contributed by atoms with Gasteiger partial charge < -0.3 is 5.73 Å². The van der Waals surface area contributed by atoms with Gasteiger partial charge in [-0.15, -0.1) is 0 Å². The normalized spacial score (nSPS) is 12.7. The summed E-state index contributed by atoms with van der Waals surface area (Å²) in [5, 5.41) is 0. The van der Waals surface area contributed by atoms with Crippen molar-refractivity contribution < 1.29 is 0 Å². The quantitative estimate of drug-likeness (QED) is 0.772. The molecule has 2 N–H and O–H groups in total. The van der Waals surface area contributed by atoms with Gasteiger partial charge in [0.15, 0.2) is 0 Å². The average Bonchev–Trinajstić information content (AvgIpc) is 2.83. The Labute approximate surface area is 125 Å². The molecule has 0 amide bonds. The molecule has 0 radical (unpaired) electrons. The Hall–Kier alpha value is -2.29. The fourth-order valence-corrected chi connectivity index (χ4v) is 2.58. The van der Waals surface area contributed by atoms with Gasteiger partial charge in [-0.2, -0.15) is 0 Å². The summed E-state index contributed by atoms with van der Waals surface area (Å²) >= 11 is 0. The predicted molar refractivity (Wildman–Crippen MR) is 88.5 cm³/mol. The van der Waals surface area contributed by atoms with Crippen molar-refractivity contribution in [2.24, 2.45) is 0 Å². The highest BCUT2D eigenvalue weighted by molar-refractivity contribution is 5.75. The van der Waals surface area contributed by atoms with E-state index < -0.39 is 0 Å². The van der Waals surface area contributed by atoms with Gasteiger partial charge >= 0.3 is 0 Å². The minimum Gasteiger partial charge on any atom is -0.383 e. The number of benzene rings is 1. The van der Waals surface area contributed by atoms with Gasteiger partial charge in [0.25, 0.3) is 0 Å². The van der Waals surface area contributed by atoms with Crippen molar-refractivity contribution in [3.63, 3.8) is 0 Å². The minimum absolute atomic E-state index is 0.583. The third kappa shape index (κ3) is 2.40. The van der Waals surface area contributed by atoms with E-state index in [-0.39, 0.29) is 0 Å². The lowest BCUT2D eigenvalue weighted by atomic mass is 9.97. The molecule has 3 nitrogen and oxygen atoms in total. The highest BCUT2D eigenvalue weighted by Gasteiger charge is 2.12. The Bertz CT molecular complexity index is 769. The molecule has 2 heterocycles. The van der Waals surface area contributed by atoms with Crippen molar-refractivity contribution in [3.8, 4) is 11.3 Å². The van der Waals surface area contributed by atoms with E-state index in [2.05, 4.69) is 50.0 Å². The first kappa shape index (κ1) is 13.7. The predicted octanol–water partition coefficient (Wildman–Crippen LogP) is 4.41. The van der Waals surface area contributed by atoms with Crippen molar-refractivity contribution in [1.82, 2.24) is 9.38 Å². The number of nitrogens with two attached hydrogens (primary N) is 1. The second-order valence-corrected chi connectivity index (χ2v) is 5.71. The first-order valence-electron chi connectivity index (χ1n) is 7.44. The fraction of sp³-hybridized carbons (Fsp3) is 0.278. The summed E-state index contributed by atoms with van der Waals surface area (Å²) in [5.74, 6) is 1.28. The molecule has 0 saturated carbocycles. The van der Waals surface area contributed by atoms with Gasteiger partial charge in [0.1, 0.15) is 17.2 Å². The molecule has 0 aliphatic heterocycles. The standard InChI is InChI=1S/C18H21N3/c1-4-13(3)14-5-7-15(8-6-14)17-18(19)21-10-9-12(2)11-16(21)20-17/h5-11,13H,4,19H2,1-3H3. The highest BCUT2D eigenvalue weighted by atomic mass is 15.1. The number of anilines is 1. The number of nitrogen functional groups attached to an aromatic ring is 1. The maximum absolute atomic E-state index is 6.25. The number of hydrogen-bond donors (Lipinski definition) is 1. The zero-order chi connectivity index (χ0) is 15.0. The van der Waals surface area contributed by atoms with Gasteiger partial charge in [-0.3, -0.25) is 4.40 Å². The van der Waals surface area contributed by atoms with Crippen molar-refractivity contribution in [1.29, 1.82) is 0 Å². The lowest BCUT2D eigenvalue weighted by Gasteiger charge is -2.09. The van der Waals surface area contributed by atoms with E-state index in [1.165, 1.54) is 11.1 Å². The lowest BCUT2D eigenvalue weighted by molar-refractivity contribution is 0.734. The van der Waals surface area contributed by atoms with Crippen molar-refractivity contribution >= 4 is 11.5 Å². The van der Waals surface area contributed by atoms with Crippen LogP contribution in [0.15, 0.2) is 42.6 Å². The summed E-state index contributed by atoms with van der Waals surface area (Å²) in [4.78, 5) is 4.68. The molecule has 1 atom stereocenters. The summed E-state index contributed by atoms with van der Waals surface area (Å²) in [6.07, 6.45) is 3.12. The molecule has 3 aromatic rings. The molecule has 0 fully saturated rings. The van der Waals surface area contributed by atoms with E-state index in [0.717, 1.165) is 23.3 Å². The fourth-order valence-electron chi connectivity index (χ4n) is 2.58. The molecule has 0 saturated heterocycles. The molecule has 3 rings (SSSR count). The van der Waals surface area contributed by atoms with Crippen LogP contribution in [0, 0.1) is 6.92 Å². The number of aromatic nitrogens is 2. The molecule has 21 heavy (non-hydrogen) atoms. The monoisotopic (exact) mass is 279 g/mol. The van der Waals surface area contributed by atoms with Gasteiger partial charge in [0, 0.05) is 11.8 Å². The van der Waals surface area contributed by atoms with Crippen molar-refractivity contribution in [2.75, 3.05) is 5.73 Å². The number of imidazole rings is 1. The van der Waals surface area contributed by atoms with Crippen LogP contribution in [0.5, 0.6) is 0 Å². The van der Waals surface area contributed by atoms with Crippen LogP contribution in [0.4, 0.5) is 5.82 Å². The Kier molecular flexibility index (Phi) is 3.42.